The number of benzene rings is 2. The van der Waals surface area contributed by atoms with E-state index in [1.165, 1.54) is 25.2 Å². The van der Waals surface area contributed by atoms with Gasteiger partial charge in [-0.05, 0) is 53.1 Å². The molecular formula is C23H20F6N2O2S. The molecule has 3 aromatic rings. The van der Waals surface area contributed by atoms with Crippen LogP contribution in [0.25, 0.3) is 10.1 Å². The predicted octanol–water partition coefficient (Wildman–Crippen LogP) is 6.82. The summed E-state index contributed by atoms with van der Waals surface area (Å²) in [5, 5.41) is 17.6. The van der Waals surface area contributed by atoms with Gasteiger partial charge in [0.1, 0.15) is 0 Å². The number of carbonyl (C=O) groups is 1. The lowest BCUT2D eigenvalue weighted by Gasteiger charge is -2.23. The van der Waals surface area contributed by atoms with Gasteiger partial charge in [0.25, 0.3) is 0 Å². The van der Waals surface area contributed by atoms with Crippen molar-refractivity contribution in [2.75, 3.05) is 0 Å². The van der Waals surface area contributed by atoms with E-state index in [1.807, 2.05) is 0 Å². The molecule has 0 radical (unpaired) electrons. The molecular weight excluding hydrogens is 482 g/mol. The summed E-state index contributed by atoms with van der Waals surface area (Å²) < 4.78 is 81.9. The summed E-state index contributed by atoms with van der Waals surface area (Å²) in [6, 6.07) is 7.63. The van der Waals surface area contributed by atoms with Crippen molar-refractivity contribution in [3.8, 4) is 0 Å². The third-order valence-corrected chi connectivity index (χ3v) is 6.34. The fraction of sp³-hybridized carbons (Fsp3) is 0.304. The van der Waals surface area contributed by atoms with E-state index in [2.05, 4.69) is 10.5 Å². The van der Waals surface area contributed by atoms with Crippen LogP contribution in [0.3, 0.4) is 0 Å². The van der Waals surface area contributed by atoms with Crippen molar-refractivity contribution >= 4 is 33.0 Å². The monoisotopic (exact) mass is 502 g/mol. The molecule has 0 aliphatic rings. The molecule has 0 aliphatic heterocycles. The zero-order chi connectivity index (χ0) is 25.3. The topological polar surface area (TPSA) is 61.7 Å². The molecule has 1 aromatic heterocycles. The molecule has 0 saturated carbocycles. The van der Waals surface area contributed by atoms with E-state index in [9.17, 15) is 36.3 Å². The number of alkyl halides is 6. The third kappa shape index (κ3) is 5.69. The van der Waals surface area contributed by atoms with Crippen LogP contribution in [0, 0.1) is 0 Å². The van der Waals surface area contributed by atoms with Crippen molar-refractivity contribution in [3.63, 3.8) is 0 Å². The average Bonchev–Trinajstić information content (AvgIpc) is 3.16. The minimum Gasteiger partial charge on any atom is -0.411 e. The molecule has 4 nitrogen and oxygen atoms in total. The molecule has 0 spiro atoms. The molecule has 2 aromatic carbocycles. The van der Waals surface area contributed by atoms with Gasteiger partial charge in [-0.2, -0.15) is 26.3 Å². The molecule has 1 heterocycles. The fourth-order valence-corrected chi connectivity index (χ4v) is 4.77. The maximum absolute atomic E-state index is 13.5. The van der Waals surface area contributed by atoms with Gasteiger partial charge >= 0.3 is 12.4 Å². The number of nitrogens with one attached hydrogen (secondary N) is 1. The first-order chi connectivity index (χ1) is 15.8. The molecule has 182 valence electrons. The number of hydrogen-bond donors (Lipinski definition) is 2. The first-order valence-corrected chi connectivity index (χ1v) is 10.9. The number of oxime groups is 1. The summed E-state index contributed by atoms with van der Waals surface area (Å²) in [6.45, 7) is 2.74. The number of rotatable bonds is 6. The van der Waals surface area contributed by atoms with Crippen molar-refractivity contribution in [2.45, 2.75) is 44.6 Å². The van der Waals surface area contributed by atoms with Gasteiger partial charge in [0, 0.05) is 24.0 Å². The van der Waals surface area contributed by atoms with E-state index in [0.717, 1.165) is 4.70 Å². The first kappa shape index (κ1) is 25.5. The van der Waals surface area contributed by atoms with Crippen LogP contribution in [0.1, 0.15) is 48.4 Å². The largest absolute Gasteiger partial charge is 0.416 e. The Bertz CT molecular complexity index is 1180. The van der Waals surface area contributed by atoms with Crippen LogP contribution >= 0.6 is 11.3 Å². The Labute approximate surface area is 194 Å². The summed E-state index contributed by atoms with van der Waals surface area (Å²) in [5.74, 6) is -1.45. The number of fused-ring (bicyclic) bond motifs is 1. The van der Waals surface area contributed by atoms with E-state index < -0.39 is 41.3 Å². The summed E-state index contributed by atoms with van der Waals surface area (Å²) in [6.07, 6.45) is -10.2. The van der Waals surface area contributed by atoms with Gasteiger partial charge in [-0.3, -0.25) is 4.79 Å². The van der Waals surface area contributed by atoms with Gasteiger partial charge in [-0.1, -0.05) is 23.4 Å². The molecule has 0 aliphatic carbocycles. The molecule has 11 heteroatoms. The summed E-state index contributed by atoms with van der Waals surface area (Å²) in [4.78, 5) is 11.4. The highest BCUT2D eigenvalue weighted by Gasteiger charge is 2.38. The number of nitrogens with zero attached hydrogens (tertiary/aromatic N) is 1. The highest BCUT2D eigenvalue weighted by Crippen LogP contribution is 2.42. The number of hydrogen-bond acceptors (Lipinski definition) is 4. The normalized spacial score (nSPS) is 14.8. The van der Waals surface area contributed by atoms with Gasteiger partial charge in [0.2, 0.25) is 5.91 Å². The van der Waals surface area contributed by atoms with Crippen molar-refractivity contribution in [1.82, 2.24) is 5.32 Å². The molecule has 2 unspecified atom stereocenters. The number of halogens is 6. The molecule has 2 atom stereocenters. The van der Waals surface area contributed by atoms with Crippen molar-refractivity contribution < 1.29 is 36.3 Å². The zero-order valence-corrected chi connectivity index (χ0v) is 18.8. The Hall–Kier alpha value is -3.08. The molecule has 2 N–H and O–H groups in total. The summed E-state index contributed by atoms with van der Waals surface area (Å²) in [5.41, 5.74) is -2.61. The van der Waals surface area contributed by atoms with E-state index in [4.69, 9.17) is 0 Å². The Morgan fingerprint density at radius 1 is 1.06 bits per heavy atom. The molecule has 0 saturated heterocycles. The van der Waals surface area contributed by atoms with Gasteiger partial charge in [-0.15, -0.1) is 11.3 Å². The average molecular weight is 502 g/mol. The van der Waals surface area contributed by atoms with Crippen LogP contribution in [0.4, 0.5) is 26.3 Å². The van der Waals surface area contributed by atoms with Crippen LogP contribution in [0.2, 0.25) is 0 Å². The van der Waals surface area contributed by atoms with Gasteiger partial charge < -0.3 is 10.5 Å². The van der Waals surface area contributed by atoms with Crippen LogP contribution in [0.5, 0.6) is 0 Å². The maximum atomic E-state index is 13.5. The standard InChI is InChI=1S/C23H20F6N2O2S/c1-12(30-13(2)32)20(31-33)10-18(19-11-34-21-6-4-3-5-17(19)21)14-7-15(22(24,25)26)9-16(8-14)23(27,28)29/h3-9,11-12,18,33H,10H2,1-2H3,(H,30,32). The number of carbonyl (C=O) groups excluding carboxylic acids is 1. The zero-order valence-electron chi connectivity index (χ0n) is 18.0. The summed E-state index contributed by atoms with van der Waals surface area (Å²) in [7, 11) is 0. The van der Waals surface area contributed by atoms with E-state index in [-0.39, 0.29) is 23.8 Å². The van der Waals surface area contributed by atoms with E-state index in [0.29, 0.717) is 23.1 Å². The maximum Gasteiger partial charge on any atom is 0.416 e. The molecule has 3 rings (SSSR count). The predicted molar refractivity (Wildman–Crippen MR) is 117 cm³/mol. The smallest absolute Gasteiger partial charge is 0.411 e. The second-order valence-electron chi connectivity index (χ2n) is 7.80. The van der Waals surface area contributed by atoms with Crippen LogP contribution in [0.15, 0.2) is 53.0 Å². The number of amides is 1. The lowest BCUT2D eigenvalue weighted by Crippen LogP contribution is -2.38. The molecule has 1 amide bonds. The van der Waals surface area contributed by atoms with Crippen LogP contribution in [-0.4, -0.2) is 22.9 Å². The van der Waals surface area contributed by atoms with E-state index in [1.54, 1.807) is 29.6 Å². The van der Waals surface area contributed by atoms with E-state index >= 15 is 0 Å². The Morgan fingerprint density at radius 2 is 1.65 bits per heavy atom. The molecule has 0 bridgehead atoms. The molecule has 34 heavy (non-hydrogen) atoms. The first-order valence-electron chi connectivity index (χ1n) is 10.0. The number of thiophene rings is 1. The fourth-order valence-electron chi connectivity index (χ4n) is 3.76. The highest BCUT2D eigenvalue weighted by atomic mass is 32.1. The lowest BCUT2D eigenvalue weighted by atomic mass is 9.84. The van der Waals surface area contributed by atoms with Gasteiger partial charge in [-0.25, -0.2) is 0 Å². The minimum absolute atomic E-state index is 0.00134. The van der Waals surface area contributed by atoms with Gasteiger partial charge in [0.05, 0.1) is 22.9 Å². The van der Waals surface area contributed by atoms with Crippen molar-refractivity contribution in [2.24, 2.45) is 5.16 Å². The van der Waals surface area contributed by atoms with Crippen LogP contribution < -0.4 is 5.32 Å². The van der Waals surface area contributed by atoms with Gasteiger partial charge in [0.15, 0.2) is 0 Å². The second kappa shape index (κ2) is 9.65. The Morgan fingerprint density at radius 3 is 2.18 bits per heavy atom. The lowest BCUT2D eigenvalue weighted by molar-refractivity contribution is -0.143. The molecule has 0 fully saturated rings. The van der Waals surface area contributed by atoms with Crippen LogP contribution in [-0.2, 0) is 17.1 Å². The second-order valence-corrected chi connectivity index (χ2v) is 8.71. The summed E-state index contributed by atoms with van der Waals surface area (Å²) >= 11 is 1.29. The van der Waals surface area contributed by atoms with Crippen molar-refractivity contribution in [1.29, 1.82) is 0 Å². The Balaban J connectivity index is 2.23. The quantitative estimate of drug-likeness (QED) is 0.168. The third-order valence-electron chi connectivity index (χ3n) is 5.36. The SMILES string of the molecule is CC(=O)NC(C)C(CC(c1cc(C(F)(F)F)cc(C(F)(F)F)c1)c1csc2ccccc12)=NO. The Kier molecular flexibility index (Phi) is 7.25. The van der Waals surface area contributed by atoms with Crippen molar-refractivity contribution in [3.05, 3.63) is 70.1 Å². The highest BCUT2D eigenvalue weighted by molar-refractivity contribution is 7.17. The minimum atomic E-state index is -5.01.